The van der Waals surface area contributed by atoms with Crippen LogP contribution in [0.3, 0.4) is 0 Å². The van der Waals surface area contributed by atoms with Crippen molar-refractivity contribution < 1.29 is 8.85 Å². The summed E-state index contributed by atoms with van der Waals surface area (Å²) >= 11 is 0. The van der Waals surface area contributed by atoms with Gasteiger partial charge in [-0.25, -0.2) is 0 Å². The van der Waals surface area contributed by atoms with Crippen LogP contribution in [0.5, 0.6) is 0 Å². The van der Waals surface area contributed by atoms with Crippen LogP contribution < -0.4 is 5.32 Å². The van der Waals surface area contributed by atoms with Crippen molar-refractivity contribution in [3.8, 4) is 0 Å². The molecule has 4 heteroatoms. The second-order valence-corrected chi connectivity index (χ2v) is 4.05. The monoisotopic (exact) mass is 241 g/mol. The Kier molecular flexibility index (Phi) is 11.6. The average Bonchev–Trinajstić information content (AvgIpc) is 2.32. The number of rotatable bonds is 6. The van der Waals surface area contributed by atoms with Gasteiger partial charge in [0, 0.05) is 25.4 Å². The second-order valence-electron chi connectivity index (χ2n) is 3.00. The third kappa shape index (κ3) is 9.70. The summed E-state index contributed by atoms with van der Waals surface area (Å²) in [5.41, 5.74) is 1.19. The third-order valence-electron chi connectivity index (χ3n) is 1.73. The fraction of sp³-hybridized carbons (Fsp3) is 0.500. The first-order valence-electron chi connectivity index (χ1n) is 5.79. The number of hydrogen-bond donors (Lipinski definition) is 1. The maximum Gasteiger partial charge on any atom is 0.304 e. The Hall–Kier alpha value is -0.843. The Bertz CT molecular complexity index is 228. The van der Waals surface area contributed by atoms with Crippen molar-refractivity contribution in [1.29, 1.82) is 0 Å². The molecule has 3 nitrogen and oxygen atoms in total. The van der Waals surface area contributed by atoms with Crippen LogP contribution in [0.4, 0.5) is 5.69 Å². The van der Waals surface area contributed by atoms with Gasteiger partial charge in [0.2, 0.25) is 0 Å². The van der Waals surface area contributed by atoms with E-state index < -0.39 is 10.0 Å². The molecule has 0 saturated heterocycles. The minimum absolute atomic E-state index is 0.589. The van der Waals surface area contributed by atoms with Crippen LogP contribution in [-0.4, -0.2) is 29.8 Å². The average molecular weight is 241 g/mol. The van der Waals surface area contributed by atoms with Crippen LogP contribution in [0.1, 0.15) is 20.8 Å². The molecule has 0 saturated carbocycles. The summed E-state index contributed by atoms with van der Waals surface area (Å²) in [5.74, 6) is 0. The number of anilines is 1. The smallest absolute Gasteiger partial charge is 0.304 e. The zero-order valence-corrected chi connectivity index (χ0v) is 11.9. The summed E-state index contributed by atoms with van der Waals surface area (Å²) in [6, 6.07) is 10.2. The summed E-state index contributed by atoms with van der Waals surface area (Å²) in [6.45, 7) is 8.63. The summed E-state index contributed by atoms with van der Waals surface area (Å²) in [4.78, 5) is 0. The number of para-hydroxylation sites is 1. The molecule has 0 aliphatic rings. The van der Waals surface area contributed by atoms with Crippen LogP contribution in [0, 0.1) is 0 Å². The van der Waals surface area contributed by atoms with E-state index in [1.807, 2.05) is 32.0 Å². The van der Waals surface area contributed by atoms with E-state index in [-0.39, 0.29) is 0 Å². The molecular weight excluding hydrogens is 218 g/mol. The molecule has 1 aromatic carbocycles. The van der Waals surface area contributed by atoms with Gasteiger partial charge in [-0.15, -0.1) is 0 Å². The van der Waals surface area contributed by atoms with Crippen molar-refractivity contribution in [2.24, 2.45) is 0 Å². The molecule has 0 amide bonds. The lowest BCUT2D eigenvalue weighted by atomic mass is 10.3. The van der Waals surface area contributed by atoms with Gasteiger partial charge in [0.1, 0.15) is 0 Å². The highest BCUT2D eigenvalue weighted by molar-refractivity contribution is 6.17. The molecule has 0 aliphatic carbocycles. The molecule has 1 N–H and O–H groups in total. The quantitative estimate of drug-likeness (QED) is 0.612. The molecule has 0 spiro atoms. The van der Waals surface area contributed by atoms with Crippen molar-refractivity contribution in [2.75, 3.05) is 25.1 Å². The van der Waals surface area contributed by atoms with E-state index in [0.717, 1.165) is 19.8 Å². The first-order valence-corrected chi connectivity index (χ1v) is 6.94. The van der Waals surface area contributed by atoms with Gasteiger partial charge in [-0.2, -0.15) is 0 Å². The molecule has 16 heavy (non-hydrogen) atoms. The van der Waals surface area contributed by atoms with E-state index >= 15 is 0 Å². The molecule has 0 bridgehead atoms. The van der Waals surface area contributed by atoms with E-state index in [1.165, 1.54) is 5.69 Å². The fourth-order valence-electron chi connectivity index (χ4n) is 0.986. The fourth-order valence-corrected chi connectivity index (χ4v) is 1.44. The summed E-state index contributed by atoms with van der Waals surface area (Å²) in [5, 5.41) is 3.21. The van der Waals surface area contributed by atoms with E-state index in [4.69, 9.17) is 8.85 Å². The van der Waals surface area contributed by atoms with E-state index in [1.54, 1.807) is 0 Å². The lowest BCUT2D eigenvalue weighted by Gasteiger charge is -1.99. The Balaban J connectivity index is 0.000000293. The zero-order valence-electron chi connectivity index (χ0n) is 10.5. The van der Waals surface area contributed by atoms with Crippen LogP contribution in [0.2, 0.25) is 0 Å². The molecule has 0 fully saturated rings. The third-order valence-corrected chi connectivity index (χ3v) is 2.88. The normalized spacial score (nSPS) is 9.19. The molecule has 1 rings (SSSR count). The Morgan fingerprint density at radius 3 is 2.00 bits per heavy atom. The predicted octanol–water partition coefficient (Wildman–Crippen LogP) is 2.18. The van der Waals surface area contributed by atoms with Gasteiger partial charge >= 0.3 is 10.0 Å². The Labute approximate surface area is 101 Å². The number of hydrogen-bond acceptors (Lipinski definition) is 3. The SMILES string of the molecule is CCNc1ccccc1.CCO[SiH2]OCC. The number of nitrogens with one attached hydrogen (secondary N) is 1. The first kappa shape index (κ1) is 15.2. The van der Waals surface area contributed by atoms with Gasteiger partial charge in [0.15, 0.2) is 0 Å². The zero-order chi connectivity index (χ0) is 12.1. The van der Waals surface area contributed by atoms with Crippen LogP contribution in [0.15, 0.2) is 30.3 Å². The molecule has 0 aromatic heterocycles. The standard InChI is InChI=1S/C8H11N.C4H12O2Si/c1-2-9-8-6-4-3-5-7-8;1-3-5-7-6-4-2/h3-7,9H,2H2,1H3;3-4,7H2,1-2H3. The van der Waals surface area contributed by atoms with Crippen LogP contribution >= 0.6 is 0 Å². The molecule has 0 atom stereocenters. The van der Waals surface area contributed by atoms with Gasteiger partial charge in [0.25, 0.3) is 0 Å². The second kappa shape index (κ2) is 12.2. The van der Waals surface area contributed by atoms with Gasteiger partial charge in [-0.05, 0) is 32.9 Å². The Morgan fingerprint density at radius 2 is 1.56 bits per heavy atom. The molecule has 0 heterocycles. The van der Waals surface area contributed by atoms with Crippen molar-refractivity contribution in [3.63, 3.8) is 0 Å². The maximum absolute atomic E-state index is 4.99. The van der Waals surface area contributed by atoms with E-state index in [2.05, 4.69) is 24.4 Å². The van der Waals surface area contributed by atoms with Crippen LogP contribution in [-0.2, 0) is 8.85 Å². The van der Waals surface area contributed by atoms with E-state index in [0.29, 0.717) is 0 Å². The molecule has 92 valence electrons. The topological polar surface area (TPSA) is 30.5 Å². The summed E-state index contributed by atoms with van der Waals surface area (Å²) in [6.07, 6.45) is 0. The van der Waals surface area contributed by atoms with Gasteiger partial charge in [0.05, 0.1) is 0 Å². The van der Waals surface area contributed by atoms with Gasteiger partial charge in [-0.1, -0.05) is 18.2 Å². The Morgan fingerprint density at radius 1 is 1.00 bits per heavy atom. The molecular formula is C12H23NO2Si. The first-order chi connectivity index (χ1) is 7.85. The molecule has 0 radical (unpaired) electrons. The largest absolute Gasteiger partial charge is 0.399 e. The molecule has 0 aliphatic heterocycles. The van der Waals surface area contributed by atoms with E-state index in [9.17, 15) is 0 Å². The van der Waals surface area contributed by atoms with Crippen molar-refractivity contribution in [2.45, 2.75) is 20.8 Å². The maximum atomic E-state index is 4.99. The molecule has 0 unspecified atom stereocenters. The van der Waals surface area contributed by atoms with Gasteiger partial charge < -0.3 is 14.2 Å². The van der Waals surface area contributed by atoms with Crippen molar-refractivity contribution >= 4 is 15.7 Å². The van der Waals surface area contributed by atoms with Crippen LogP contribution in [0.25, 0.3) is 0 Å². The van der Waals surface area contributed by atoms with Crippen molar-refractivity contribution in [3.05, 3.63) is 30.3 Å². The lowest BCUT2D eigenvalue weighted by Crippen LogP contribution is -2.02. The highest BCUT2D eigenvalue weighted by atomic mass is 28.3. The minimum Gasteiger partial charge on any atom is -0.399 e. The van der Waals surface area contributed by atoms with Gasteiger partial charge in [-0.3, -0.25) is 0 Å². The summed E-state index contributed by atoms with van der Waals surface area (Å²) in [7, 11) is -0.589. The highest BCUT2D eigenvalue weighted by Gasteiger charge is 1.81. The molecule has 1 aromatic rings. The van der Waals surface area contributed by atoms with Crippen molar-refractivity contribution in [1.82, 2.24) is 0 Å². The minimum atomic E-state index is -0.589. The summed E-state index contributed by atoms with van der Waals surface area (Å²) < 4.78 is 9.98. The highest BCUT2D eigenvalue weighted by Crippen LogP contribution is 2.02. The predicted molar refractivity (Wildman–Crippen MR) is 72.4 cm³/mol. The number of benzene rings is 1. The lowest BCUT2D eigenvalue weighted by molar-refractivity contribution is 0.240.